The summed E-state index contributed by atoms with van der Waals surface area (Å²) in [6.45, 7) is 0.658. The average Bonchev–Trinajstić information content (AvgIpc) is 2.27. The first kappa shape index (κ1) is 10.6. The first-order chi connectivity index (χ1) is 6.30. The highest BCUT2D eigenvalue weighted by Crippen LogP contribution is 2.29. The molecule has 0 atom stereocenters. The van der Waals surface area contributed by atoms with E-state index in [0.717, 1.165) is 10.9 Å². The summed E-state index contributed by atoms with van der Waals surface area (Å²) in [6, 6.07) is 0. The number of carboxylic acids is 1. The Kier molecular flexibility index (Phi) is 2.50. The maximum atomic E-state index is 12.2. The van der Waals surface area contributed by atoms with Crippen LogP contribution in [0.25, 0.3) is 0 Å². The fraction of sp³-hybridized carbons (Fsp3) is 0.429. The maximum absolute atomic E-state index is 12.2. The number of aliphatic carboxylic acids is 1. The van der Waals surface area contributed by atoms with Crippen LogP contribution in [0.1, 0.15) is 11.3 Å². The highest BCUT2D eigenvalue weighted by atomic mass is 19.4. The van der Waals surface area contributed by atoms with Gasteiger partial charge in [0.2, 0.25) is 0 Å². The van der Waals surface area contributed by atoms with Crippen molar-refractivity contribution in [3.63, 3.8) is 0 Å². The van der Waals surface area contributed by atoms with E-state index in [9.17, 15) is 18.0 Å². The number of carbonyl (C=O) groups is 1. The van der Waals surface area contributed by atoms with Crippen LogP contribution in [-0.4, -0.2) is 20.9 Å². The van der Waals surface area contributed by atoms with Crippen LogP contribution in [-0.2, 0) is 17.5 Å². The molecule has 7 heteroatoms. The second-order valence-electron chi connectivity index (χ2n) is 2.75. The predicted octanol–water partition coefficient (Wildman–Crippen LogP) is 1.29. The van der Waals surface area contributed by atoms with E-state index in [4.69, 9.17) is 5.11 Å². The van der Waals surface area contributed by atoms with Crippen molar-refractivity contribution in [3.8, 4) is 0 Å². The van der Waals surface area contributed by atoms with Gasteiger partial charge in [-0.25, -0.2) is 0 Å². The first-order valence-electron chi connectivity index (χ1n) is 3.63. The molecule has 78 valence electrons. The number of aromatic nitrogens is 2. The Morgan fingerprint density at radius 2 is 2.21 bits per heavy atom. The van der Waals surface area contributed by atoms with Crippen molar-refractivity contribution < 1.29 is 23.1 Å². The molecule has 0 aliphatic rings. The van der Waals surface area contributed by atoms with Crippen molar-refractivity contribution in [3.05, 3.63) is 17.5 Å². The Morgan fingerprint density at radius 1 is 1.64 bits per heavy atom. The number of hydrogen-bond donors (Lipinski definition) is 1. The Bertz CT molecular complexity index is 356. The van der Waals surface area contributed by atoms with Gasteiger partial charge in [-0.05, 0) is 12.5 Å². The minimum absolute atomic E-state index is 0.0845. The minimum atomic E-state index is -4.53. The van der Waals surface area contributed by atoms with Gasteiger partial charge in [-0.1, -0.05) is 0 Å². The Hall–Kier alpha value is -1.53. The van der Waals surface area contributed by atoms with Gasteiger partial charge in [0.1, 0.15) is 6.54 Å². The second kappa shape index (κ2) is 3.32. The number of rotatable bonds is 2. The molecule has 0 amide bonds. The highest BCUT2D eigenvalue weighted by molar-refractivity contribution is 5.66. The van der Waals surface area contributed by atoms with Crippen LogP contribution in [0.2, 0.25) is 0 Å². The van der Waals surface area contributed by atoms with Crippen LogP contribution in [0.3, 0.4) is 0 Å². The van der Waals surface area contributed by atoms with Crippen molar-refractivity contribution in [2.75, 3.05) is 0 Å². The normalized spacial score (nSPS) is 11.7. The van der Waals surface area contributed by atoms with Crippen molar-refractivity contribution in [1.29, 1.82) is 0 Å². The molecule has 1 aromatic rings. The third-order valence-corrected chi connectivity index (χ3v) is 1.51. The molecule has 0 saturated heterocycles. The molecule has 4 nitrogen and oxygen atoms in total. The summed E-state index contributed by atoms with van der Waals surface area (Å²) in [5, 5.41) is 11.5. The molecule has 0 unspecified atom stereocenters. The van der Waals surface area contributed by atoms with Crippen LogP contribution in [0.15, 0.2) is 6.20 Å². The third kappa shape index (κ3) is 2.24. The average molecular weight is 208 g/mol. The molecule has 0 spiro atoms. The van der Waals surface area contributed by atoms with Gasteiger partial charge in [-0.3, -0.25) is 9.48 Å². The third-order valence-electron chi connectivity index (χ3n) is 1.51. The summed E-state index contributed by atoms with van der Waals surface area (Å²) in [4.78, 5) is 10.2. The fourth-order valence-corrected chi connectivity index (χ4v) is 1.02. The summed E-state index contributed by atoms with van der Waals surface area (Å²) in [5.41, 5.74) is -1.13. The molecule has 0 aliphatic heterocycles. The van der Waals surface area contributed by atoms with E-state index < -0.39 is 24.4 Å². The maximum Gasteiger partial charge on any atom is 0.435 e. The van der Waals surface area contributed by atoms with Gasteiger partial charge in [0, 0.05) is 6.20 Å². The highest BCUT2D eigenvalue weighted by Gasteiger charge is 2.35. The van der Waals surface area contributed by atoms with Crippen molar-refractivity contribution in [2.45, 2.75) is 19.6 Å². The lowest BCUT2D eigenvalue weighted by molar-refractivity contribution is -0.143. The molecule has 1 heterocycles. The fourth-order valence-electron chi connectivity index (χ4n) is 1.02. The summed E-state index contributed by atoms with van der Waals surface area (Å²) < 4.78 is 37.3. The SMILES string of the molecule is Cc1cn(CC(=O)O)nc1C(F)(F)F. The van der Waals surface area contributed by atoms with E-state index in [-0.39, 0.29) is 5.56 Å². The zero-order valence-electron chi connectivity index (χ0n) is 7.17. The molecule has 1 N–H and O–H groups in total. The van der Waals surface area contributed by atoms with Gasteiger partial charge in [0.05, 0.1) is 0 Å². The standard InChI is InChI=1S/C7H7F3N2O2/c1-4-2-12(3-5(13)14)11-6(4)7(8,9)10/h2H,3H2,1H3,(H,13,14). The molecular formula is C7H7F3N2O2. The summed E-state index contributed by atoms with van der Waals surface area (Å²) in [5.74, 6) is -1.23. The van der Waals surface area contributed by atoms with E-state index in [1.54, 1.807) is 0 Å². The molecule has 1 aromatic heterocycles. The molecule has 0 fully saturated rings. The second-order valence-corrected chi connectivity index (χ2v) is 2.75. The first-order valence-corrected chi connectivity index (χ1v) is 3.63. The molecular weight excluding hydrogens is 201 g/mol. The van der Waals surface area contributed by atoms with E-state index in [1.807, 2.05) is 0 Å². The molecule has 0 bridgehead atoms. The Morgan fingerprint density at radius 3 is 2.57 bits per heavy atom. The Labute approximate surface area is 77.0 Å². The van der Waals surface area contributed by atoms with Crippen LogP contribution in [0.4, 0.5) is 13.2 Å². The molecule has 0 radical (unpaired) electrons. The van der Waals surface area contributed by atoms with E-state index in [0.29, 0.717) is 0 Å². The van der Waals surface area contributed by atoms with Gasteiger partial charge in [-0.15, -0.1) is 0 Å². The van der Waals surface area contributed by atoms with Crippen molar-refractivity contribution in [1.82, 2.24) is 9.78 Å². The zero-order valence-corrected chi connectivity index (χ0v) is 7.17. The van der Waals surface area contributed by atoms with Gasteiger partial charge >= 0.3 is 12.1 Å². The van der Waals surface area contributed by atoms with E-state index >= 15 is 0 Å². The summed E-state index contributed by atoms with van der Waals surface area (Å²) in [7, 11) is 0. The molecule has 0 aliphatic carbocycles. The van der Waals surface area contributed by atoms with Crippen LogP contribution < -0.4 is 0 Å². The Balaban J connectivity index is 2.99. The number of alkyl halides is 3. The molecule has 14 heavy (non-hydrogen) atoms. The largest absolute Gasteiger partial charge is 0.480 e. The number of aryl methyl sites for hydroxylation is 1. The van der Waals surface area contributed by atoms with Crippen LogP contribution in [0.5, 0.6) is 0 Å². The van der Waals surface area contributed by atoms with Gasteiger partial charge in [-0.2, -0.15) is 18.3 Å². The number of halogens is 3. The van der Waals surface area contributed by atoms with Crippen LogP contribution >= 0.6 is 0 Å². The van der Waals surface area contributed by atoms with E-state index in [2.05, 4.69) is 5.10 Å². The summed E-state index contributed by atoms with van der Waals surface area (Å²) in [6.07, 6.45) is -3.48. The van der Waals surface area contributed by atoms with Crippen LogP contribution in [0, 0.1) is 6.92 Å². The number of hydrogen-bond acceptors (Lipinski definition) is 2. The lowest BCUT2D eigenvalue weighted by Crippen LogP contribution is -2.12. The van der Waals surface area contributed by atoms with Crippen molar-refractivity contribution in [2.24, 2.45) is 0 Å². The lowest BCUT2D eigenvalue weighted by Gasteiger charge is -2.02. The quantitative estimate of drug-likeness (QED) is 0.796. The van der Waals surface area contributed by atoms with Gasteiger partial charge in [0.25, 0.3) is 0 Å². The topological polar surface area (TPSA) is 55.1 Å². The van der Waals surface area contributed by atoms with Crippen molar-refractivity contribution >= 4 is 5.97 Å². The number of carboxylic acid groups (broad SMARTS) is 1. The summed E-state index contributed by atoms with van der Waals surface area (Å²) >= 11 is 0. The number of nitrogens with zero attached hydrogens (tertiary/aromatic N) is 2. The monoisotopic (exact) mass is 208 g/mol. The lowest BCUT2D eigenvalue weighted by atomic mass is 10.3. The van der Waals surface area contributed by atoms with E-state index in [1.165, 1.54) is 6.92 Å². The molecule has 0 saturated carbocycles. The van der Waals surface area contributed by atoms with Gasteiger partial charge < -0.3 is 5.11 Å². The predicted molar refractivity (Wildman–Crippen MR) is 39.6 cm³/mol. The zero-order chi connectivity index (χ0) is 10.9. The van der Waals surface area contributed by atoms with Gasteiger partial charge in [0.15, 0.2) is 5.69 Å². The molecule has 0 aromatic carbocycles. The minimum Gasteiger partial charge on any atom is -0.480 e. The smallest absolute Gasteiger partial charge is 0.435 e. The molecule has 1 rings (SSSR count).